The van der Waals surface area contributed by atoms with Crippen molar-refractivity contribution < 1.29 is 0 Å². The van der Waals surface area contributed by atoms with Gasteiger partial charge in [0, 0.05) is 19.1 Å². The van der Waals surface area contributed by atoms with Gasteiger partial charge in [0.15, 0.2) is 0 Å². The molecule has 1 rings (SSSR count). The molecule has 0 aromatic heterocycles. The van der Waals surface area contributed by atoms with Crippen LogP contribution in [-0.4, -0.2) is 50.1 Å². The van der Waals surface area contributed by atoms with Crippen molar-refractivity contribution in [2.24, 2.45) is 0 Å². The summed E-state index contributed by atoms with van der Waals surface area (Å²) in [5.74, 6) is 0. The van der Waals surface area contributed by atoms with Crippen LogP contribution in [0.2, 0.25) is 10.0 Å². The summed E-state index contributed by atoms with van der Waals surface area (Å²) >= 11 is 11.9. The smallest absolute Gasteiger partial charge is 0.0595 e. The molecule has 0 heterocycles. The first-order chi connectivity index (χ1) is 8.40. The number of likely N-dealkylation sites (N-methyl/N-ethyl adjacent to an activating group) is 2. The Balaban J connectivity index is 2.42. The maximum Gasteiger partial charge on any atom is 0.0595 e. The van der Waals surface area contributed by atoms with Crippen molar-refractivity contribution in [1.29, 1.82) is 0 Å². The molecule has 0 bridgehead atoms. The normalized spacial score (nSPS) is 13.3. The van der Waals surface area contributed by atoms with Gasteiger partial charge in [0.2, 0.25) is 0 Å². The Hall–Kier alpha value is -0.280. The summed E-state index contributed by atoms with van der Waals surface area (Å²) in [6.07, 6.45) is 0.994. The predicted molar refractivity (Wildman–Crippen MR) is 80.8 cm³/mol. The Morgan fingerprint density at radius 2 is 1.78 bits per heavy atom. The Bertz CT molecular complexity index is 380. The molecule has 18 heavy (non-hydrogen) atoms. The van der Waals surface area contributed by atoms with Crippen LogP contribution in [0.5, 0.6) is 0 Å². The van der Waals surface area contributed by atoms with E-state index >= 15 is 0 Å². The van der Waals surface area contributed by atoms with Gasteiger partial charge in [0.1, 0.15) is 0 Å². The molecule has 0 spiro atoms. The first kappa shape index (κ1) is 15.8. The molecule has 0 N–H and O–H groups in total. The fraction of sp³-hybridized carbons (Fsp3) is 0.571. The van der Waals surface area contributed by atoms with E-state index in [0.29, 0.717) is 16.1 Å². The maximum absolute atomic E-state index is 6.00. The second-order valence-electron chi connectivity index (χ2n) is 5.07. The fourth-order valence-corrected chi connectivity index (χ4v) is 2.04. The summed E-state index contributed by atoms with van der Waals surface area (Å²) in [7, 11) is 6.37. The van der Waals surface area contributed by atoms with E-state index in [2.05, 4.69) is 37.9 Å². The van der Waals surface area contributed by atoms with Crippen molar-refractivity contribution in [2.75, 3.05) is 34.2 Å². The molecule has 0 saturated carbocycles. The third kappa shape index (κ3) is 5.15. The Morgan fingerprint density at radius 1 is 1.11 bits per heavy atom. The number of benzene rings is 1. The summed E-state index contributed by atoms with van der Waals surface area (Å²) in [6, 6.07) is 6.41. The summed E-state index contributed by atoms with van der Waals surface area (Å²) in [4.78, 5) is 4.57. The Labute approximate surface area is 120 Å². The van der Waals surface area contributed by atoms with E-state index in [9.17, 15) is 0 Å². The molecule has 0 aliphatic heterocycles. The number of hydrogen-bond donors (Lipinski definition) is 0. The van der Waals surface area contributed by atoms with Gasteiger partial charge in [0.25, 0.3) is 0 Å². The Kier molecular flexibility index (Phi) is 6.44. The average molecular weight is 289 g/mol. The minimum absolute atomic E-state index is 0.559. The molecule has 0 aliphatic carbocycles. The SMILES string of the molecule is C[C@H](CN(C)CCc1ccc(Cl)c(Cl)c1)N(C)C. The van der Waals surface area contributed by atoms with Gasteiger partial charge in [-0.1, -0.05) is 29.3 Å². The first-order valence-corrected chi connectivity index (χ1v) is 6.94. The number of halogens is 2. The van der Waals surface area contributed by atoms with Crippen molar-refractivity contribution in [3.8, 4) is 0 Å². The van der Waals surface area contributed by atoms with Crippen LogP contribution in [-0.2, 0) is 6.42 Å². The zero-order valence-corrected chi connectivity index (χ0v) is 13.1. The minimum atomic E-state index is 0.559. The predicted octanol–water partition coefficient (Wildman–Crippen LogP) is 3.42. The zero-order valence-electron chi connectivity index (χ0n) is 11.6. The molecular weight excluding hydrogens is 267 g/mol. The van der Waals surface area contributed by atoms with Gasteiger partial charge >= 0.3 is 0 Å². The van der Waals surface area contributed by atoms with Crippen LogP contribution in [0, 0.1) is 0 Å². The van der Waals surface area contributed by atoms with Crippen LogP contribution >= 0.6 is 23.2 Å². The number of rotatable bonds is 6. The van der Waals surface area contributed by atoms with Gasteiger partial charge in [0.05, 0.1) is 10.0 Å². The van der Waals surface area contributed by atoms with Crippen molar-refractivity contribution in [3.05, 3.63) is 33.8 Å². The van der Waals surface area contributed by atoms with Gasteiger partial charge in [-0.15, -0.1) is 0 Å². The van der Waals surface area contributed by atoms with Crippen LogP contribution in [0.3, 0.4) is 0 Å². The lowest BCUT2D eigenvalue weighted by Gasteiger charge is -2.26. The lowest BCUT2D eigenvalue weighted by Crippen LogP contribution is -2.37. The van der Waals surface area contributed by atoms with E-state index in [0.717, 1.165) is 19.5 Å². The molecule has 0 amide bonds. The lowest BCUT2D eigenvalue weighted by molar-refractivity contribution is 0.222. The summed E-state index contributed by atoms with van der Waals surface area (Å²) in [5.41, 5.74) is 1.23. The molecule has 0 saturated heterocycles. The van der Waals surface area contributed by atoms with Gasteiger partial charge in [-0.25, -0.2) is 0 Å². The molecule has 0 unspecified atom stereocenters. The van der Waals surface area contributed by atoms with Crippen LogP contribution in [0.25, 0.3) is 0 Å². The Morgan fingerprint density at radius 3 is 2.33 bits per heavy atom. The highest BCUT2D eigenvalue weighted by atomic mass is 35.5. The van der Waals surface area contributed by atoms with Crippen LogP contribution < -0.4 is 0 Å². The third-order valence-electron chi connectivity index (χ3n) is 3.22. The molecule has 4 heteroatoms. The highest BCUT2D eigenvalue weighted by molar-refractivity contribution is 6.42. The quantitative estimate of drug-likeness (QED) is 0.791. The highest BCUT2D eigenvalue weighted by Crippen LogP contribution is 2.22. The molecule has 0 radical (unpaired) electrons. The first-order valence-electron chi connectivity index (χ1n) is 6.19. The van der Waals surface area contributed by atoms with E-state index in [4.69, 9.17) is 23.2 Å². The van der Waals surface area contributed by atoms with Crippen molar-refractivity contribution in [2.45, 2.75) is 19.4 Å². The topological polar surface area (TPSA) is 6.48 Å². The maximum atomic E-state index is 6.00. The van der Waals surface area contributed by atoms with E-state index < -0.39 is 0 Å². The molecule has 102 valence electrons. The number of nitrogens with zero attached hydrogens (tertiary/aromatic N) is 2. The molecular formula is C14H22Cl2N2. The van der Waals surface area contributed by atoms with E-state index in [1.165, 1.54) is 5.56 Å². The lowest BCUT2D eigenvalue weighted by atomic mass is 10.1. The molecule has 2 nitrogen and oxygen atoms in total. The molecule has 1 aromatic rings. The van der Waals surface area contributed by atoms with E-state index in [1.54, 1.807) is 0 Å². The minimum Gasteiger partial charge on any atom is -0.305 e. The highest BCUT2D eigenvalue weighted by Gasteiger charge is 2.08. The van der Waals surface area contributed by atoms with Crippen molar-refractivity contribution in [1.82, 2.24) is 9.80 Å². The molecule has 0 aliphatic rings. The van der Waals surface area contributed by atoms with Crippen molar-refractivity contribution >= 4 is 23.2 Å². The fourth-order valence-electron chi connectivity index (χ4n) is 1.72. The van der Waals surface area contributed by atoms with E-state index in [1.807, 2.05) is 18.2 Å². The van der Waals surface area contributed by atoms with Crippen LogP contribution in [0.15, 0.2) is 18.2 Å². The van der Waals surface area contributed by atoms with Crippen LogP contribution in [0.4, 0.5) is 0 Å². The molecule has 0 fully saturated rings. The average Bonchev–Trinajstić information content (AvgIpc) is 2.30. The van der Waals surface area contributed by atoms with Gasteiger partial charge in [-0.2, -0.15) is 0 Å². The zero-order chi connectivity index (χ0) is 13.7. The monoisotopic (exact) mass is 288 g/mol. The molecule has 1 aromatic carbocycles. The number of hydrogen-bond acceptors (Lipinski definition) is 2. The van der Waals surface area contributed by atoms with Gasteiger partial charge < -0.3 is 9.80 Å². The van der Waals surface area contributed by atoms with Gasteiger partial charge in [-0.05, 0) is 52.2 Å². The van der Waals surface area contributed by atoms with E-state index in [-0.39, 0.29) is 0 Å². The largest absolute Gasteiger partial charge is 0.305 e. The second-order valence-corrected chi connectivity index (χ2v) is 5.89. The second kappa shape index (κ2) is 7.34. The van der Waals surface area contributed by atoms with Crippen molar-refractivity contribution in [3.63, 3.8) is 0 Å². The molecule has 1 atom stereocenters. The third-order valence-corrected chi connectivity index (χ3v) is 3.96. The van der Waals surface area contributed by atoms with Gasteiger partial charge in [-0.3, -0.25) is 0 Å². The summed E-state index contributed by atoms with van der Waals surface area (Å²) in [6.45, 7) is 4.32. The standard InChI is InChI=1S/C14H22Cl2N2/c1-11(17(2)3)10-18(4)8-7-12-5-6-13(15)14(16)9-12/h5-6,9,11H,7-8,10H2,1-4H3/t11-/m1/s1. The summed E-state index contributed by atoms with van der Waals surface area (Å²) in [5, 5.41) is 1.26. The van der Waals surface area contributed by atoms with Crippen LogP contribution in [0.1, 0.15) is 12.5 Å². The summed E-state index contributed by atoms with van der Waals surface area (Å²) < 4.78 is 0.